The standard InChI is InChI=1S/C18H14ClNO4S/c19-14-3-1-2-4-15(14)24-10-9-23-13-7-5-12(6-8-13)11-16-17(21)20-18(22)25-16/h1-8,11H,9-10H2,(H,20,21,22)/b16-11-. The number of carbonyl (C=O) groups is 2. The van der Waals surface area contributed by atoms with Crippen LogP contribution in [-0.2, 0) is 4.79 Å². The number of para-hydroxylation sites is 1. The molecule has 2 aromatic rings. The Labute approximate surface area is 154 Å². The first-order valence-electron chi connectivity index (χ1n) is 7.47. The van der Waals surface area contributed by atoms with Gasteiger partial charge in [0.05, 0.1) is 9.93 Å². The van der Waals surface area contributed by atoms with Gasteiger partial charge in [0.1, 0.15) is 24.7 Å². The molecule has 1 aliphatic rings. The van der Waals surface area contributed by atoms with Gasteiger partial charge in [-0.25, -0.2) is 0 Å². The smallest absolute Gasteiger partial charge is 0.290 e. The van der Waals surface area contributed by atoms with Crippen molar-refractivity contribution >= 4 is 40.6 Å². The van der Waals surface area contributed by atoms with Gasteiger partial charge in [0.2, 0.25) is 0 Å². The molecule has 0 spiro atoms. The molecule has 25 heavy (non-hydrogen) atoms. The molecule has 0 aromatic heterocycles. The maximum atomic E-state index is 11.5. The van der Waals surface area contributed by atoms with Crippen LogP contribution >= 0.6 is 23.4 Å². The van der Waals surface area contributed by atoms with Crippen LogP contribution in [0.15, 0.2) is 53.4 Å². The van der Waals surface area contributed by atoms with E-state index in [9.17, 15) is 9.59 Å². The van der Waals surface area contributed by atoms with Gasteiger partial charge in [-0.05, 0) is 47.7 Å². The third-order valence-corrected chi connectivity index (χ3v) is 4.39. The van der Waals surface area contributed by atoms with E-state index >= 15 is 0 Å². The summed E-state index contributed by atoms with van der Waals surface area (Å²) in [7, 11) is 0. The Morgan fingerprint density at radius 2 is 1.72 bits per heavy atom. The van der Waals surface area contributed by atoms with E-state index < -0.39 is 0 Å². The van der Waals surface area contributed by atoms with Gasteiger partial charge in [0.25, 0.3) is 11.1 Å². The number of halogens is 1. The summed E-state index contributed by atoms with van der Waals surface area (Å²) in [5.41, 5.74) is 0.812. The number of thioether (sulfide) groups is 1. The van der Waals surface area contributed by atoms with E-state index in [1.807, 2.05) is 24.3 Å². The molecule has 0 saturated carbocycles. The molecule has 0 atom stereocenters. The maximum Gasteiger partial charge on any atom is 0.290 e. The lowest BCUT2D eigenvalue weighted by Crippen LogP contribution is -2.17. The fourth-order valence-corrected chi connectivity index (χ4v) is 2.98. The van der Waals surface area contributed by atoms with Crippen LogP contribution in [0.1, 0.15) is 5.56 Å². The van der Waals surface area contributed by atoms with Gasteiger partial charge in [-0.1, -0.05) is 35.9 Å². The Hall–Kier alpha value is -2.44. The third-order valence-electron chi connectivity index (χ3n) is 3.27. The van der Waals surface area contributed by atoms with Crippen LogP contribution in [0.2, 0.25) is 5.02 Å². The van der Waals surface area contributed by atoms with Crippen LogP contribution in [0.25, 0.3) is 6.08 Å². The number of nitrogens with one attached hydrogen (secondary N) is 1. The molecule has 7 heteroatoms. The molecule has 0 unspecified atom stereocenters. The van der Waals surface area contributed by atoms with Crippen molar-refractivity contribution in [3.05, 3.63) is 64.0 Å². The second-order valence-electron chi connectivity index (χ2n) is 5.05. The fraction of sp³-hybridized carbons (Fsp3) is 0.111. The number of hydrogen-bond acceptors (Lipinski definition) is 5. The molecule has 1 saturated heterocycles. The summed E-state index contributed by atoms with van der Waals surface area (Å²) in [6.45, 7) is 0.743. The highest BCUT2D eigenvalue weighted by molar-refractivity contribution is 8.18. The zero-order chi connectivity index (χ0) is 17.6. The molecule has 1 heterocycles. The maximum absolute atomic E-state index is 11.5. The first kappa shape index (κ1) is 17.4. The lowest BCUT2D eigenvalue weighted by Gasteiger charge is -2.09. The minimum Gasteiger partial charge on any atom is -0.490 e. The lowest BCUT2D eigenvalue weighted by atomic mass is 10.2. The van der Waals surface area contributed by atoms with Crippen molar-refractivity contribution in [1.29, 1.82) is 0 Å². The Kier molecular flexibility index (Phi) is 5.63. The number of imide groups is 1. The highest BCUT2D eigenvalue weighted by Crippen LogP contribution is 2.26. The molecule has 3 rings (SSSR count). The van der Waals surface area contributed by atoms with E-state index in [0.717, 1.165) is 17.3 Å². The number of amides is 2. The Balaban J connectivity index is 1.50. The van der Waals surface area contributed by atoms with E-state index in [-0.39, 0.29) is 11.1 Å². The van der Waals surface area contributed by atoms with Gasteiger partial charge in [0.15, 0.2) is 0 Å². The number of ether oxygens (including phenoxy) is 2. The SMILES string of the molecule is O=C1NC(=O)/C(=C/c2ccc(OCCOc3ccccc3Cl)cc2)S1. The van der Waals surface area contributed by atoms with Crippen molar-refractivity contribution in [2.24, 2.45) is 0 Å². The topological polar surface area (TPSA) is 64.6 Å². The summed E-state index contributed by atoms with van der Waals surface area (Å²) in [6, 6.07) is 14.5. The first-order chi connectivity index (χ1) is 12.1. The summed E-state index contributed by atoms with van der Waals surface area (Å²) >= 11 is 6.90. The Morgan fingerprint density at radius 1 is 1.00 bits per heavy atom. The minimum atomic E-state index is -0.368. The monoisotopic (exact) mass is 375 g/mol. The van der Waals surface area contributed by atoms with E-state index in [2.05, 4.69) is 5.32 Å². The van der Waals surface area contributed by atoms with Crippen molar-refractivity contribution in [2.45, 2.75) is 0 Å². The van der Waals surface area contributed by atoms with Gasteiger partial charge in [-0.3, -0.25) is 14.9 Å². The molecule has 5 nitrogen and oxygen atoms in total. The summed E-state index contributed by atoms with van der Waals surface area (Å²) in [5.74, 6) is 0.938. The van der Waals surface area contributed by atoms with Crippen LogP contribution in [0, 0.1) is 0 Å². The number of carbonyl (C=O) groups excluding carboxylic acids is 2. The van der Waals surface area contributed by atoms with E-state index in [4.69, 9.17) is 21.1 Å². The first-order valence-corrected chi connectivity index (χ1v) is 8.66. The molecule has 2 aromatic carbocycles. The van der Waals surface area contributed by atoms with Gasteiger partial charge in [-0.2, -0.15) is 0 Å². The predicted octanol–water partition coefficient (Wildman–Crippen LogP) is 4.12. The summed E-state index contributed by atoms with van der Waals surface area (Å²) in [5, 5.41) is 2.43. The summed E-state index contributed by atoms with van der Waals surface area (Å²) < 4.78 is 11.2. The van der Waals surface area contributed by atoms with Crippen LogP contribution in [0.4, 0.5) is 4.79 Å². The summed E-state index contributed by atoms with van der Waals surface area (Å²) in [4.78, 5) is 23.0. The highest BCUT2D eigenvalue weighted by Gasteiger charge is 2.24. The molecule has 1 aliphatic heterocycles. The molecule has 0 aliphatic carbocycles. The lowest BCUT2D eigenvalue weighted by molar-refractivity contribution is -0.115. The molecule has 1 N–H and O–H groups in total. The molecule has 0 radical (unpaired) electrons. The summed E-state index contributed by atoms with van der Waals surface area (Å²) in [6.07, 6.45) is 1.66. The fourth-order valence-electron chi connectivity index (χ4n) is 2.11. The van der Waals surface area contributed by atoms with E-state index in [1.54, 1.807) is 30.3 Å². The van der Waals surface area contributed by atoms with E-state index in [1.165, 1.54) is 0 Å². The van der Waals surface area contributed by atoms with Crippen molar-refractivity contribution in [2.75, 3.05) is 13.2 Å². The molecular weight excluding hydrogens is 362 g/mol. The minimum absolute atomic E-state index is 0.352. The second kappa shape index (κ2) is 8.09. The van der Waals surface area contributed by atoms with E-state index in [0.29, 0.717) is 34.6 Å². The largest absolute Gasteiger partial charge is 0.490 e. The van der Waals surface area contributed by atoms with Crippen molar-refractivity contribution < 1.29 is 19.1 Å². The number of rotatable bonds is 6. The van der Waals surface area contributed by atoms with Crippen molar-refractivity contribution in [3.63, 3.8) is 0 Å². The normalized spacial score (nSPS) is 15.3. The average Bonchev–Trinajstić information content (AvgIpc) is 2.92. The second-order valence-corrected chi connectivity index (χ2v) is 6.47. The predicted molar refractivity (Wildman–Crippen MR) is 98.0 cm³/mol. The zero-order valence-corrected chi connectivity index (χ0v) is 14.6. The molecular formula is C18H14ClNO4S. The van der Waals surface area contributed by atoms with Crippen LogP contribution in [0.5, 0.6) is 11.5 Å². The van der Waals surface area contributed by atoms with Crippen LogP contribution < -0.4 is 14.8 Å². The van der Waals surface area contributed by atoms with Crippen molar-refractivity contribution in [1.82, 2.24) is 5.32 Å². The highest BCUT2D eigenvalue weighted by atomic mass is 35.5. The molecule has 1 fully saturated rings. The average molecular weight is 376 g/mol. The van der Waals surface area contributed by atoms with Gasteiger partial charge >= 0.3 is 0 Å². The van der Waals surface area contributed by atoms with Gasteiger partial charge in [0, 0.05) is 0 Å². The van der Waals surface area contributed by atoms with Gasteiger partial charge in [-0.15, -0.1) is 0 Å². The zero-order valence-electron chi connectivity index (χ0n) is 13.0. The number of hydrogen-bond donors (Lipinski definition) is 1. The third kappa shape index (κ3) is 4.78. The Morgan fingerprint density at radius 3 is 2.40 bits per heavy atom. The van der Waals surface area contributed by atoms with Gasteiger partial charge < -0.3 is 9.47 Å². The van der Waals surface area contributed by atoms with Crippen LogP contribution in [0.3, 0.4) is 0 Å². The Bertz CT molecular complexity index is 820. The van der Waals surface area contributed by atoms with Crippen LogP contribution in [-0.4, -0.2) is 24.4 Å². The molecule has 2 amide bonds. The number of benzene rings is 2. The van der Waals surface area contributed by atoms with Crippen molar-refractivity contribution in [3.8, 4) is 11.5 Å². The quantitative estimate of drug-likeness (QED) is 0.607. The molecule has 128 valence electrons. The molecule has 0 bridgehead atoms.